The maximum absolute atomic E-state index is 10.9. The lowest BCUT2D eigenvalue weighted by molar-refractivity contribution is -0.139. The Hall–Kier alpha value is -3.32. The number of fused-ring (bicyclic) bond motifs is 1. The van der Waals surface area contributed by atoms with Gasteiger partial charge in [-0.1, -0.05) is 30.3 Å². The van der Waals surface area contributed by atoms with Crippen molar-refractivity contribution in [3.8, 4) is 11.5 Å². The third-order valence-corrected chi connectivity index (χ3v) is 5.14. The molecule has 0 spiro atoms. The first kappa shape index (κ1) is 19.0. The van der Waals surface area contributed by atoms with Gasteiger partial charge in [0.2, 0.25) is 0 Å². The number of aromatic amines is 1. The summed E-state index contributed by atoms with van der Waals surface area (Å²) in [4.78, 5) is 21.0. The van der Waals surface area contributed by atoms with Crippen LogP contribution in [0.15, 0.2) is 54.9 Å². The summed E-state index contributed by atoms with van der Waals surface area (Å²) in [7, 11) is 1.66. The fourth-order valence-corrected chi connectivity index (χ4v) is 3.77. The van der Waals surface area contributed by atoms with E-state index >= 15 is 0 Å². The van der Waals surface area contributed by atoms with Crippen LogP contribution in [0.25, 0.3) is 0 Å². The Labute approximate surface area is 168 Å². The lowest BCUT2D eigenvalue weighted by Crippen LogP contribution is -2.34. The number of H-pyrrole nitrogens is 1. The van der Waals surface area contributed by atoms with Gasteiger partial charge in [-0.2, -0.15) is 0 Å². The van der Waals surface area contributed by atoms with Gasteiger partial charge < -0.3 is 19.6 Å². The van der Waals surface area contributed by atoms with Gasteiger partial charge in [-0.25, -0.2) is 9.78 Å². The number of para-hydroxylation sites is 1. The van der Waals surface area contributed by atoms with Crippen molar-refractivity contribution in [2.24, 2.45) is 0 Å². The van der Waals surface area contributed by atoms with E-state index in [0.717, 1.165) is 35.8 Å². The molecule has 0 fully saturated rings. The molecule has 2 N–H and O–H groups in total. The van der Waals surface area contributed by atoms with Gasteiger partial charge in [-0.15, -0.1) is 0 Å². The van der Waals surface area contributed by atoms with E-state index in [1.54, 1.807) is 13.4 Å². The van der Waals surface area contributed by atoms with E-state index in [-0.39, 0.29) is 12.5 Å². The number of aliphatic carboxylic acids is 1. The number of carboxylic acids is 1. The third-order valence-electron chi connectivity index (χ3n) is 5.14. The van der Waals surface area contributed by atoms with Crippen molar-refractivity contribution in [1.29, 1.82) is 0 Å². The van der Waals surface area contributed by atoms with E-state index < -0.39 is 5.97 Å². The van der Waals surface area contributed by atoms with Gasteiger partial charge in [0.15, 0.2) is 6.61 Å². The minimum Gasteiger partial charge on any atom is -0.497 e. The summed E-state index contributed by atoms with van der Waals surface area (Å²) in [6, 6.07) is 15.7. The molecular formula is C22H23N3O4. The van der Waals surface area contributed by atoms with Crippen LogP contribution in [0.3, 0.4) is 0 Å². The standard InChI is InChI=1S/C22H23N3O4/c1-28-17-8-6-15(7-9-17)18-11-25(12-19-22(18)24-14-23-19)10-16-4-2-3-5-20(16)29-13-21(26)27/h2-9,14,18H,10-13H2,1H3,(H,23,24)(H,26,27). The number of nitrogens with zero attached hydrogens (tertiary/aromatic N) is 2. The molecule has 0 bridgehead atoms. The van der Waals surface area contributed by atoms with Crippen molar-refractivity contribution in [1.82, 2.24) is 14.9 Å². The molecule has 0 saturated heterocycles. The number of aromatic nitrogens is 2. The van der Waals surface area contributed by atoms with Gasteiger partial charge in [0.1, 0.15) is 11.5 Å². The average Bonchev–Trinajstić information content (AvgIpc) is 3.21. The summed E-state index contributed by atoms with van der Waals surface area (Å²) < 4.78 is 10.7. The van der Waals surface area contributed by atoms with Crippen molar-refractivity contribution in [2.75, 3.05) is 20.3 Å². The number of carboxylic acid groups (broad SMARTS) is 1. The minimum atomic E-state index is -0.987. The minimum absolute atomic E-state index is 0.142. The molecule has 1 atom stereocenters. The van der Waals surface area contributed by atoms with Crippen LogP contribution >= 0.6 is 0 Å². The predicted molar refractivity (Wildman–Crippen MR) is 107 cm³/mol. The zero-order valence-corrected chi connectivity index (χ0v) is 16.2. The maximum Gasteiger partial charge on any atom is 0.341 e. The second-order valence-electron chi connectivity index (χ2n) is 7.05. The number of benzene rings is 2. The molecule has 1 aromatic heterocycles. The van der Waals surface area contributed by atoms with Crippen molar-refractivity contribution in [3.05, 3.63) is 77.4 Å². The molecule has 29 heavy (non-hydrogen) atoms. The lowest BCUT2D eigenvalue weighted by atomic mass is 9.90. The summed E-state index contributed by atoms with van der Waals surface area (Å²) in [6.07, 6.45) is 1.74. The van der Waals surface area contributed by atoms with E-state index in [1.165, 1.54) is 5.56 Å². The highest BCUT2D eigenvalue weighted by atomic mass is 16.5. The van der Waals surface area contributed by atoms with Crippen LogP contribution in [0.4, 0.5) is 0 Å². The monoisotopic (exact) mass is 393 g/mol. The summed E-state index contributed by atoms with van der Waals surface area (Å²) in [5.74, 6) is 0.585. The molecule has 3 aromatic rings. The number of carbonyl (C=O) groups is 1. The van der Waals surface area contributed by atoms with Gasteiger partial charge >= 0.3 is 5.97 Å². The van der Waals surface area contributed by atoms with E-state index in [1.807, 2.05) is 36.4 Å². The molecule has 4 rings (SSSR count). The van der Waals surface area contributed by atoms with Gasteiger partial charge in [0.05, 0.1) is 24.8 Å². The van der Waals surface area contributed by atoms with Gasteiger partial charge in [-0.05, 0) is 23.8 Å². The van der Waals surface area contributed by atoms with Crippen LogP contribution in [-0.2, 0) is 17.9 Å². The van der Waals surface area contributed by atoms with Crippen LogP contribution in [0, 0.1) is 0 Å². The van der Waals surface area contributed by atoms with Crippen molar-refractivity contribution in [3.63, 3.8) is 0 Å². The van der Waals surface area contributed by atoms with Crippen LogP contribution < -0.4 is 9.47 Å². The zero-order chi connectivity index (χ0) is 20.2. The first-order valence-corrected chi connectivity index (χ1v) is 9.45. The quantitative estimate of drug-likeness (QED) is 0.642. The second kappa shape index (κ2) is 8.36. The normalized spacial score (nSPS) is 16.2. The Morgan fingerprint density at radius 2 is 2.03 bits per heavy atom. The molecule has 2 aromatic carbocycles. The first-order chi connectivity index (χ1) is 14.1. The fraction of sp³-hybridized carbons (Fsp3) is 0.273. The van der Waals surface area contributed by atoms with Crippen molar-refractivity contribution >= 4 is 5.97 Å². The molecule has 0 aliphatic carbocycles. The molecule has 150 valence electrons. The Morgan fingerprint density at radius 1 is 1.24 bits per heavy atom. The van der Waals surface area contributed by atoms with Crippen LogP contribution in [0.1, 0.15) is 28.4 Å². The lowest BCUT2D eigenvalue weighted by Gasteiger charge is -2.32. The Balaban J connectivity index is 1.56. The Kier molecular flexibility index (Phi) is 5.48. The van der Waals surface area contributed by atoms with Crippen LogP contribution in [0.5, 0.6) is 11.5 Å². The SMILES string of the molecule is COc1ccc(C2CN(Cc3ccccc3OCC(=O)O)Cc3[nH]cnc32)cc1. The number of rotatable bonds is 7. The maximum atomic E-state index is 10.9. The van der Waals surface area contributed by atoms with Gasteiger partial charge in [0, 0.05) is 31.1 Å². The van der Waals surface area contributed by atoms with E-state index in [9.17, 15) is 4.79 Å². The van der Waals surface area contributed by atoms with Crippen molar-refractivity contribution in [2.45, 2.75) is 19.0 Å². The van der Waals surface area contributed by atoms with Crippen LogP contribution in [0.2, 0.25) is 0 Å². The molecule has 7 nitrogen and oxygen atoms in total. The molecule has 0 radical (unpaired) electrons. The van der Waals surface area contributed by atoms with Crippen LogP contribution in [-0.4, -0.2) is 46.2 Å². The Morgan fingerprint density at radius 3 is 2.79 bits per heavy atom. The number of methoxy groups -OCH3 is 1. The molecule has 1 unspecified atom stereocenters. The smallest absolute Gasteiger partial charge is 0.341 e. The molecule has 7 heteroatoms. The molecular weight excluding hydrogens is 370 g/mol. The molecule has 0 saturated carbocycles. The molecule has 1 aliphatic heterocycles. The Bertz CT molecular complexity index is 984. The number of hydrogen-bond donors (Lipinski definition) is 2. The average molecular weight is 393 g/mol. The highest BCUT2D eigenvalue weighted by Gasteiger charge is 2.29. The molecule has 1 aliphatic rings. The summed E-state index contributed by atoms with van der Waals surface area (Å²) in [6.45, 7) is 1.85. The fourth-order valence-electron chi connectivity index (χ4n) is 3.77. The van der Waals surface area contributed by atoms with Gasteiger partial charge in [0.25, 0.3) is 0 Å². The number of nitrogens with one attached hydrogen (secondary N) is 1. The van der Waals surface area contributed by atoms with Crippen molar-refractivity contribution < 1.29 is 19.4 Å². The van der Waals surface area contributed by atoms with E-state index in [0.29, 0.717) is 12.3 Å². The topological polar surface area (TPSA) is 87.7 Å². The molecule has 0 amide bonds. The number of imidazole rings is 1. The third kappa shape index (κ3) is 4.25. The molecule has 2 heterocycles. The highest BCUT2D eigenvalue weighted by Crippen LogP contribution is 2.33. The largest absolute Gasteiger partial charge is 0.497 e. The summed E-state index contributed by atoms with van der Waals surface area (Å²) in [5, 5.41) is 8.92. The summed E-state index contributed by atoms with van der Waals surface area (Å²) in [5.41, 5.74) is 4.31. The predicted octanol–water partition coefficient (Wildman–Crippen LogP) is 3.03. The number of ether oxygens (including phenoxy) is 2. The highest BCUT2D eigenvalue weighted by molar-refractivity contribution is 5.68. The van der Waals surface area contributed by atoms with E-state index in [4.69, 9.17) is 14.6 Å². The zero-order valence-electron chi connectivity index (χ0n) is 16.2. The van der Waals surface area contributed by atoms with E-state index in [2.05, 4.69) is 27.0 Å². The second-order valence-corrected chi connectivity index (χ2v) is 7.05. The first-order valence-electron chi connectivity index (χ1n) is 9.45. The van der Waals surface area contributed by atoms with Gasteiger partial charge in [-0.3, -0.25) is 4.90 Å². The summed E-state index contributed by atoms with van der Waals surface area (Å²) >= 11 is 0. The number of hydrogen-bond acceptors (Lipinski definition) is 5.